The monoisotopic (exact) mass is 804 g/mol. The molecule has 3 aliphatic heterocycles. The highest BCUT2D eigenvalue weighted by atomic mass is 28.3. The van der Waals surface area contributed by atoms with E-state index in [0.717, 1.165) is 0 Å². The number of nitrogens with two attached hydrogens (primary N) is 1. The normalized spacial score (nSPS) is 30.5. The largest absolute Gasteiger partial charge is 0.461 e. The van der Waals surface area contributed by atoms with Crippen molar-refractivity contribution in [2.75, 3.05) is 50.0 Å². The molecule has 5 aliphatic rings. The molecule has 5 heterocycles. The van der Waals surface area contributed by atoms with E-state index in [1.165, 1.54) is 23.2 Å². The SMILES string of the molecule is [2H]C1([2H])CC[C@@]2(C([2H])([2H])Oc3nc(N4CCOC[C@H]5[C@H](F)[C@H]54)c4cnc(-c5cc(N)cc6ccc(F)c(C#C[Si](C(C)C)(C(C)C)C(C)C)c56)c(F)c4n3)C[C@@]3(C[C@H]3F)CN12. The Morgan fingerprint density at radius 2 is 1.88 bits per heavy atom. The van der Waals surface area contributed by atoms with Crippen molar-refractivity contribution in [3.63, 3.8) is 0 Å². The average molecular weight is 805 g/mol. The number of alkyl halides is 2. The molecule has 2 aromatic heterocycles. The highest BCUT2D eigenvalue weighted by Crippen LogP contribution is 2.62. The van der Waals surface area contributed by atoms with Crippen LogP contribution in [-0.4, -0.2) is 91.2 Å². The second-order valence-electron chi connectivity index (χ2n) is 17.8. The number of ether oxygens (including phenoxy) is 2. The van der Waals surface area contributed by atoms with Gasteiger partial charge < -0.3 is 20.1 Å². The molecule has 13 heteroatoms. The van der Waals surface area contributed by atoms with Crippen LogP contribution in [0.2, 0.25) is 16.6 Å². The smallest absolute Gasteiger partial charge is 0.319 e. The summed E-state index contributed by atoms with van der Waals surface area (Å²) in [7, 11) is -2.36. The highest BCUT2D eigenvalue weighted by Gasteiger charge is 2.67. The van der Waals surface area contributed by atoms with Crippen molar-refractivity contribution < 1.29 is 32.5 Å². The maximum absolute atomic E-state index is 17.7. The molecule has 0 unspecified atom stereocenters. The topological polar surface area (TPSA) is 89.6 Å². The van der Waals surface area contributed by atoms with E-state index in [1.54, 1.807) is 17.0 Å². The summed E-state index contributed by atoms with van der Waals surface area (Å²) in [4.78, 5) is 16.8. The van der Waals surface area contributed by atoms with E-state index in [0.29, 0.717) is 10.8 Å². The van der Waals surface area contributed by atoms with Crippen molar-refractivity contribution in [3.8, 4) is 28.7 Å². The number of hydrogen-bond donors (Lipinski definition) is 1. The molecule has 8 nitrogen and oxygen atoms in total. The quantitative estimate of drug-likeness (QED) is 0.0819. The van der Waals surface area contributed by atoms with Gasteiger partial charge in [-0.25, -0.2) is 17.6 Å². The number of fused-ring (bicyclic) bond motifs is 4. The number of benzene rings is 2. The van der Waals surface area contributed by atoms with Gasteiger partial charge in [-0.3, -0.25) is 9.88 Å². The third-order valence-electron chi connectivity index (χ3n) is 13.6. The van der Waals surface area contributed by atoms with E-state index in [1.807, 2.05) is 0 Å². The Hall–Kier alpha value is -3.99. The van der Waals surface area contributed by atoms with E-state index in [4.69, 9.17) is 17.9 Å². The summed E-state index contributed by atoms with van der Waals surface area (Å²) in [6, 6.07) is 4.86. The molecule has 2 aliphatic carbocycles. The molecule has 6 atom stereocenters. The Morgan fingerprint density at radius 1 is 1.12 bits per heavy atom. The van der Waals surface area contributed by atoms with Gasteiger partial charge in [-0.2, -0.15) is 9.97 Å². The Labute approximate surface area is 338 Å². The second-order valence-corrected chi connectivity index (χ2v) is 23.4. The van der Waals surface area contributed by atoms with Crippen molar-refractivity contribution in [2.24, 2.45) is 11.3 Å². The number of aromatic nitrogens is 3. The van der Waals surface area contributed by atoms with Gasteiger partial charge in [-0.15, -0.1) is 5.54 Å². The molecule has 0 radical (unpaired) electrons. The van der Waals surface area contributed by atoms with Crippen LogP contribution in [-0.2, 0) is 4.74 Å². The summed E-state index contributed by atoms with van der Waals surface area (Å²) in [5.74, 6) is 1.30. The van der Waals surface area contributed by atoms with E-state index < -0.39 is 74.0 Å². The zero-order valence-electron chi connectivity index (χ0n) is 37.2. The third-order valence-corrected chi connectivity index (χ3v) is 19.9. The predicted molar refractivity (Wildman–Crippen MR) is 218 cm³/mol. The molecule has 4 aromatic rings. The zero-order chi connectivity index (χ0) is 43.8. The van der Waals surface area contributed by atoms with Gasteiger partial charge in [0.25, 0.3) is 0 Å². The molecule has 0 bridgehead atoms. The molecule has 302 valence electrons. The number of hydrogen-bond acceptors (Lipinski definition) is 8. The van der Waals surface area contributed by atoms with Gasteiger partial charge in [0.15, 0.2) is 5.82 Å². The first-order chi connectivity index (χ1) is 28.7. The number of pyridine rings is 1. The minimum Gasteiger partial charge on any atom is -0.461 e. The first-order valence-electron chi connectivity index (χ1n) is 22.2. The van der Waals surface area contributed by atoms with Crippen molar-refractivity contribution in [1.82, 2.24) is 19.9 Å². The van der Waals surface area contributed by atoms with Gasteiger partial charge in [0.2, 0.25) is 0 Å². The number of nitrogens with zero attached hydrogens (tertiary/aromatic N) is 5. The molecule has 0 amide bonds. The molecular formula is C44H52F4N6O2Si. The molecule has 3 saturated heterocycles. The summed E-state index contributed by atoms with van der Waals surface area (Å²) >= 11 is 0. The lowest BCUT2D eigenvalue weighted by molar-refractivity contribution is 0.107. The molecule has 2 aromatic carbocycles. The van der Waals surface area contributed by atoms with Crippen LogP contribution in [0.4, 0.5) is 29.1 Å². The van der Waals surface area contributed by atoms with Crippen LogP contribution in [0.3, 0.4) is 0 Å². The van der Waals surface area contributed by atoms with Gasteiger partial charge in [0, 0.05) is 50.0 Å². The highest BCUT2D eigenvalue weighted by molar-refractivity contribution is 6.90. The van der Waals surface area contributed by atoms with Crippen molar-refractivity contribution in [1.29, 1.82) is 0 Å². The summed E-state index contributed by atoms with van der Waals surface area (Å²) in [5.41, 5.74) is 8.35. The molecule has 2 N–H and O–H groups in total. The number of rotatable bonds is 8. The van der Waals surface area contributed by atoms with Gasteiger partial charge in [-0.05, 0) is 72.4 Å². The van der Waals surface area contributed by atoms with E-state index in [2.05, 4.69) is 68.0 Å². The lowest BCUT2D eigenvalue weighted by Crippen LogP contribution is -2.43. The molecule has 5 fully saturated rings. The Balaban J connectivity index is 1.23. The minimum atomic E-state index is -2.68. The second kappa shape index (κ2) is 13.8. The first kappa shape index (κ1) is 33.9. The van der Waals surface area contributed by atoms with Crippen LogP contribution >= 0.6 is 0 Å². The zero-order valence-corrected chi connectivity index (χ0v) is 34.2. The van der Waals surface area contributed by atoms with Gasteiger partial charge >= 0.3 is 6.01 Å². The van der Waals surface area contributed by atoms with E-state index >= 15 is 13.2 Å². The fourth-order valence-corrected chi connectivity index (χ4v) is 15.7. The van der Waals surface area contributed by atoms with Crippen LogP contribution in [0.25, 0.3) is 32.9 Å². The summed E-state index contributed by atoms with van der Waals surface area (Å²) in [5, 5.41) is 0.938. The van der Waals surface area contributed by atoms with Crippen LogP contribution < -0.4 is 15.4 Å². The van der Waals surface area contributed by atoms with Crippen LogP contribution in [0.15, 0.2) is 30.5 Å². The van der Waals surface area contributed by atoms with Gasteiger partial charge in [0.1, 0.15) is 49.8 Å². The number of anilines is 2. The molecule has 1 spiro atoms. The number of nitrogen functional groups attached to an aromatic ring is 1. The third kappa shape index (κ3) is 6.10. The number of halogens is 4. The Kier molecular flexibility index (Phi) is 8.22. The van der Waals surface area contributed by atoms with Crippen LogP contribution in [0.1, 0.15) is 78.3 Å². The lowest BCUT2D eigenvalue weighted by Gasteiger charge is -2.38. The van der Waals surface area contributed by atoms with Crippen molar-refractivity contribution >= 4 is 41.3 Å². The fourth-order valence-electron chi connectivity index (χ4n) is 10.5. The average Bonchev–Trinajstić information content (AvgIpc) is 3.96. The Bertz CT molecular complexity index is 2500. The van der Waals surface area contributed by atoms with E-state index in [-0.39, 0.29) is 108 Å². The maximum atomic E-state index is 17.7. The van der Waals surface area contributed by atoms with Crippen LogP contribution in [0, 0.1) is 34.4 Å². The van der Waals surface area contributed by atoms with E-state index in [9.17, 15) is 7.13 Å². The molecule has 57 heavy (non-hydrogen) atoms. The Morgan fingerprint density at radius 3 is 2.60 bits per heavy atom. The minimum absolute atomic E-state index is 0.00181. The summed E-state index contributed by atoms with van der Waals surface area (Å²) in [6.07, 6.45) is -0.818. The van der Waals surface area contributed by atoms with Crippen molar-refractivity contribution in [2.45, 2.75) is 108 Å². The summed E-state index contributed by atoms with van der Waals surface area (Å²) in [6.45, 7) is 8.98. The van der Waals surface area contributed by atoms with Crippen molar-refractivity contribution in [3.05, 3.63) is 47.7 Å². The van der Waals surface area contributed by atoms with Crippen LogP contribution in [0.5, 0.6) is 6.01 Å². The molecule has 9 rings (SSSR count). The lowest BCUT2D eigenvalue weighted by atomic mass is 9.89. The summed E-state index contributed by atoms with van der Waals surface area (Å²) < 4.78 is 112. The van der Waals surface area contributed by atoms with Gasteiger partial charge in [-0.1, -0.05) is 53.5 Å². The molecule has 2 saturated carbocycles. The standard InChI is InChI=1S/C44H52F4N6O2Si/c1-24(2)57(25(3)4,26(5)6)15-10-29-33(45)9-8-27-16-28(49)17-30(35(27)29)38-37(48)39-31(19-50-38)41(54-13-14-55-20-32-36(47)40(32)54)52-42(51-39)56-23-44-11-7-12-53(44)22-43(21-44)18-34(43)46/h8-9,16-17,19,24-26,32,34,36,40H,7,11-14,18,20-23,49H2,1-6H3/t32-,34+,36-,40-,43-,44-/m0/s1/i12D2,23D2. The first-order valence-corrected chi connectivity index (χ1v) is 22.4. The molecular weight excluding hydrogens is 749 g/mol. The fraction of sp³-hybridized carbons (Fsp3) is 0.568. The maximum Gasteiger partial charge on any atom is 0.319 e. The van der Waals surface area contributed by atoms with Gasteiger partial charge in [0.05, 0.1) is 38.5 Å². The predicted octanol–water partition coefficient (Wildman–Crippen LogP) is 8.79.